The first-order chi connectivity index (χ1) is 9.60. The van der Waals surface area contributed by atoms with Crippen LogP contribution in [0.2, 0.25) is 0 Å². The number of esters is 1. The van der Waals surface area contributed by atoms with Crippen molar-refractivity contribution in [3.63, 3.8) is 0 Å². The SMILES string of the molecule is COC(=O)C1CCCN1Cc1ccc(SC(F)F)cc1. The molecule has 1 fully saturated rings. The van der Waals surface area contributed by atoms with Crippen molar-refractivity contribution in [2.24, 2.45) is 0 Å². The maximum Gasteiger partial charge on any atom is 0.323 e. The molecule has 110 valence electrons. The fourth-order valence-corrected chi connectivity index (χ4v) is 2.93. The van der Waals surface area contributed by atoms with Gasteiger partial charge in [-0.15, -0.1) is 0 Å². The zero-order valence-electron chi connectivity index (χ0n) is 11.2. The Balaban J connectivity index is 1.97. The molecule has 1 aliphatic heterocycles. The highest BCUT2D eigenvalue weighted by Gasteiger charge is 2.31. The molecule has 0 aliphatic carbocycles. The molecule has 0 aromatic heterocycles. The molecule has 1 unspecified atom stereocenters. The van der Waals surface area contributed by atoms with Gasteiger partial charge in [-0.1, -0.05) is 23.9 Å². The van der Waals surface area contributed by atoms with E-state index in [0.29, 0.717) is 23.2 Å². The third kappa shape index (κ3) is 3.93. The van der Waals surface area contributed by atoms with Crippen molar-refractivity contribution in [2.75, 3.05) is 13.7 Å². The second-order valence-corrected chi connectivity index (χ2v) is 5.74. The molecule has 0 amide bonds. The highest BCUT2D eigenvalue weighted by atomic mass is 32.2. The van der Waals surface area contributed by atoms with Gasteiger partial charge in [-0.2, -0.15) is 8.78 Å². The van der Waals surface area contributed by atoms with E-state index in [2.05, 4.69) is 4.90 Å². The molecule has 3 nitrogen and oxygen atoms in total. The maximum absolute atomic E-state index is 12.2. The molecule has 2 rings (SSSR count). The van der Waals surface area contributed by atoms with Crippen LogP contribution < -0.4 is 0 Å². The van der Waals surface area contributed by atoms with Gasteiger partial charge in [-0.25, -0.2) is 0 Å². The summed E-state index contributed by atoms with van der Waals surface area (Å²) in [5.41, 5.74) is 1.01. The Hall–Kier alpha value is -1.14. The summed E-state index contributed by atoms with van der Waals surface area (Å²) in [7, 11) is 1.40. The van der Waals surface area contributed by atoms with Gasteiger partial charge in [-0.05, 0) is 37.1 Å². The van der Waals surface area contributed by atoms with Gasteiger partial charge in [0.1, 0.15) is 6.04 Å². The summed E-state index contributed by atoms with van der Waals surface area (Å²) in [6.07, 6.45) is 1.78. The van der Waals surface area contributed by atoms with E-state index < -0.39 is 5.76 Å². The molecule has 6 heteroatoms. The third-order valence-corrected chi connectivity index (χ3v) is 4.09. The third-order valence-electron chi connectivity index (χ3n) is 3.37. The lowest BCUT2D eigenvalue weighted by molar-refractivity contribution is -0.146. The van der Waals surface area contributed by atoms with Gasteiger partial charge < -0.3 is 4.74 Å². The normalized spacial score (nSPS) is 19.5. The van der Waals surface area contributed by atoms with E-state index in [-0.39, 0.29) is 12.0 Å². The number of alkyl halides is 2. The average molecular weight is 301 g/mol. The summed E-state index contributed by atoms with van der Waals surface area (Å²) >= 11 is 0.538. The van der Waals surface area contributed by atoms with Crippen molar-refractivity contribution >= 4 is 17.7 Å². The Kier molecular flexibility index (Phi) is 5.37. The number of benzene rings is 1. The van der Waals surface area contributed by atoms with E-state index in [1.165, 1.54) is 7.11 Å². The van der Waals surface area contributed by atoms with Crippen LogP contribution in [0.4, 0.5) is 8.78 Å². The molecule has 1 aromatic rings. The topological polar surface area (TPSA) is 29.5 Å². The molecule has 1 atom stereocenters. The van der Waals surface area contributed by atoms with Gasteiger partial charge in [0, 0.05) is 11.4 Å². The summed E-state index contributed by atoms with van der Waals surface area (Å²) in [6, 6.07) is 6.86. The minimum absolute atomic E-state index is 0.185. The number of nitrogens with zero attached hydrogens (tertiary/aromatic N) is 1. The van der Waals surface area contributed by atoms with E-state index in [4.69, 9.17) is 4.74 Å². The number of rotatable bonds is 5. The molecule has 1 heterocycles. The van der Waals surface area contributed by atoms with Crippen LogP contribution in [0.5, 0.6) is 0 Å². The molecule has 0 N–H and O–H groups in total. The smallest absolute Gasteiger partial charge is 0.323 e. The minimum Gasteiger partial charge on any atom is -0.468 e. The molecule has 0 saturated carbocycles. The Morgan fingerprint density at radius 2 is 2.15 bits per heavy atom. The number of carbonyl (C=O) groups is 1. The van der Waals surface area contributed by atoms with Crippen LogP contribution >= 0.6 is 11.8 Å². The monoisotopic (exact) mass is 301 g/mol. The van der Waals surface area contributed by atoms with Crippen molar-refractivity contribution in [1.82, 2.24) is 4.90 Å². The Morgan fingerprint density at radius 1 is 1.45 bits per heavy atom. The zero-order chi connectivity index (χ0) is 14.5. The fourth-order valence-electron chi connectivity index (χ4n) is 2.43. The molecular weight excluding hydrogens is 284 g/mol. The van der Waals surface area contributed by atoms with Crippen molar-refractivity contribution in [3.8, 4) is 0 Å². The molecule has 1 saturated heterocycles. The van der Waals surface area contributed by atoms with Crippen molar-refractivity contribution in [1.29, 1.82) is 0 Å². The number of likely N-dealkylation sites (tertiary alicyclic amines) is 1. The molecule has 20 heavy (non-hydrogen) atoms. The zero-order valence-corrected chi connectivity index (χ0v) is 12.0. The summed E-state index contributed by atoms with van der Waals surface area (Å²) in [5, 5.41) is 0. The Morgan fingerprint density at radius 3 is 2.75 bits per heavy atom. The number of ether oxygens (including phenoxy) is 1. The molecular formula is C14H17F2NO2S. The summed E-state index contributed by atoms with van der Waals surface area (Å²) in [6.45, 7) is 1.49. The van der Waals surface area contributed by atoms with Gasteiger partial charge in [0.05, 0.1) is 7.11 Å². The van der Waals surface area contributed by atoms with E-state index in [1.807, 2.05) is 12.1 Å². The minimum atomic E-state index is -2.40. The summed E-state index contributed by atoms with van der Waals surface area (Å²) < 4.78 is 29.3. The quantitative estimate of drug-likeness (QED) is 0.617. The lowest BCUT2D eigenvalue weighted by atomic mass is 10.2. The number of halogens is 2. The van der Waals surface area contributed by atoms with Crippen LogP contribution in [-0.2, 0) is 16.1 Å². The van der Waals surface area contributed by atoms with Crippen molar-refractivity contribution in [3.05, 3.63) is 29.8 Å². The van der Waals surface area contributed by atoms with Gasteiger partial charge in [0.2, 0.25) is 0 Å². The van der Waals surface area contributed by atoms with Crippen molar-refractivity contribution < 1.29 is 18.3 Å². The number of hydrogen-bond donors (Lipinski definition) is 0. The predicted molar refractivity (Wildman–Crippen MR) is 73.8 cm³/mol. The fraction of sp³-hybridized carbons (Fsp3) is 0.500. The molecule has 1 aromatic carbocycles. The highest BCUT2D eigenvalue weighted by molar-refractivity contribution is 7.99. The van der Waals surface area contributed by atoms with E-state index in [1.54, 1.807) is 12.1 Å². The van der Waals surface area contributed by atoms with E-state index >= 15 is 0 Å². The molecule has 0 bridgehead atoms. The van der Waals surface area contributed by atoms with Gasteiger partial charge in [0.15, 0.2) is 0 Å². The first-order valence-corrected chi connectivity index (χ1v) is 7.33. The van der Waals surface area contributed by atoms with Crippen LogP contribution in [0.3, 0.4) is 0 Å². The first-order valence-electron chi connectivity index (χ1n) is 6.46. The van der Waals surface area contributed by atoms with Crippen LogP contribution in [0.25, 0.3) is 0 Å². The highest BCUT2D eigenvalue weighted by Crippen LogP contribution is 2.26. The van der Waals surface area contributed by atoms with Gasteiger partial charge in [-0.3, -0.25) is 9.69 Å². The van der Waals surface area contributed by atoms with Gasteiger partial charge in [0.25, 0.3) is 5.76 Å². The van der Waals surface area contributed by atoms with Crippen LogP contribution in [-0.4, -0.2) is 36.3 Å². The second kappa shape index (κ2) is 7.04. The standard InChI is InChI=1S/C14H17F2NO2S/c1-19-13(18)12-3-2-8-17(12)9-10-4-6-11(7-5-10)20-14(15)16/h4-7,12,14H,2-3,8-9H2,1H3. The van der Waals surface area contributed by atoms with Crippen molar-refractivity contribution in [2.45, 2.75) is 36.1 Å². The Labute approximate surface area is 121 Å². The van der Waals surface area contributed by atoms with Crippen LogP contribution in [0.1, 0.15) is 18.4 Å². The second-order valence-electron chi connectivity index (χ2n) is 4.67. The number of methoxy groups -OCH3 is 1. The van der Waals surface area contributed by atoms with E-state index in [9.17, 15) is 13.6 Å². The molecule has 0 radical (unpaired) electrons. The average Bonchev–Trinajstić information content (AvgIpc) is 2.87. The lowest BCUT2D eigenvalue weighted by Gasteiger charge is -2.22. The molecule has 0 spiro atoms. The maximum atomic E-state index is 12.2. The van der Waals surface area contributed by atoms with Gasteiger partial charge >= 0.3 is 5.97 Å². The molecule has 1 aliphatic rings. The van der Waals surface area contributed by atoms with E-state index in [0.717, 1.165) is 24.9 Å². The number of hydrogen-bond acceptors (Lipinski definition) is 4. The first kappa shape index (κ1) is 15.3. The summed E-state index contributed by atoms with van der Waals surface area (Å²) in [5.74, 6) is -2.60. The van der Waals surface area contributed by atoms with Crippen LogP contribution in [0.15, 0.2) is 29.2 Å². The number of thioether (sulfide) groups is 1. The largest absolute Gasteiger partial charge is 0.468 e. The number of carbonyl (C=O) groups excluding carboxylic acids is 1. The predicted octanol–water partition coefficient (Wildman–Crippen LogP) is 3.14. The Bertz CT molecular complexity index is 453. The lowest BCUT2D eigenvalue weighted by Crippen LogP contribution is -2.36. The summed E-state index contributed by atoms with van der Waals surface area (Å²) in [4.78, 5) is 14.3. The van der Waals surface area contributed by atoms with Crippen LogP contribution in [0, 0.1) is 0 Å².